The van der Waals surface area contributed by atoms with Crippen LogP contribution in [-0.4, -0.2) is 36.4 Å². The molecule has 3 N–H and O–H groups in total. The van der Waals surface area contributed by atoms with Crippen LogP contribution in [0.3, 0.4) is 0 Å². The molecule has 1 aliphatic rings. The van der Waals surface area contributed by atoms with Crippen molar-refractivity contribution in [1.82, 2.24) is 10.6 Å². The number of carbonyl (C=O) groups excluding carboxylic acids is 1. The van der Waals surface area contributed by atoms with Gasteiger partial charge in [-0.05, 0) is 18.3 Å². The number of alkyl halides is 3. The number of hydrogen-bond acceptors (Lipinski definition) is 2. The quantitative estimate of drug-likeness (QED) is 0.696. The molecule has 0 spiro atoms. The Morgan fingerprint density at radius 1 is 1.21 bits per heavy atom. The maximum absolute atomic E-state index is 11.9. The Morgan fingerprint density at radius 3 is 2.26 bits per heavy atom. The third kappa shape index (κ3) is 5.80. The van der Waals surface area contributed by atoms with E-state index in [1.54, 1.807) is 0 Å². The molecular weight excluding hydrogens is 265 g/mol. The Bertz CT molecular complexity index is 341. The lowest BCUT2D eigenvalue weighted by Crippen LogP contribution is -2.47. The van der Waals surface area contributed by atoms with Gasteiger partial charge in [-0.25, -0.2) is 4.79 Å². The Hall–Kier alpha value is -1.47. The van der Waals surface area contributed by atoms with Crippen LogP contribution in [0.4, 0.5) is 18.0 Å². The van der Waals surface area contributed by atoms with E-state index in [9.17, 15) is 22.8 Å². The van der Waals surface area contributed by atoms with Crippen LogP contribution in [-0.2, 0) is 4.79 Å². The van der Waals surface area contributed by atoms with E-state index < -0.39 is 36.6 Å². The van der Waals surface area contributed by atoms with Gasteiger partial charge in [0.1, 0.15) is 0 Å². The number of nitrogens with one attached hydrogen (secondary N) is 2. The molecule has 1 fully saturated rings. The summed E-state index contributed by atoms with van der Waals surface area (Å²) in [6, 6.07) is -0.694. The van der Waals surface area contributed by atoms with Crippen LogP contribution in [0, 0.1) is 5.41 Å². The van der Waals surface area contributed by atoms with Crippen molar-refractivity contribution in [1.29, 1.82) is 0 Å². The highest BCUT2D eigenvalue weighted by Gasteiger charge is 2.39. The van der Waals surface area contributed by atoms with Crippen LogP contribution in [0.1, 0.15) is 32.1 Å². The van der Waals surface area contributed by atoms with E-state index >= 15 is 0 Å². The first-order chi connectivity index (χ1) is 8.72. The van der Waals surface area contributed by atoms with Crippen LogP contribution in [0.25, 0.3) is 0 Å². The molecular formula is C11H17F3N2O3. The van der Waals surface area contributed by atoms with Gasteiger partial charge in [-0.2, -0.15) is 13.2 Å². The van der Waals surface area contributed by atoms with Crippen LogP contribution in [0.2, 0.25) is 0 Å². The lowest BCUT2D eigenvalue weighted by atomic mass is 9.66. The lowest BCUT2D eigenvalue weighted by molar-refractivity contribution is -0.141. The van der Waals surface area contributed by atoms with E-state index in [1.807, 2.05) is 0 Å². The fourth-order valence-corrected chi connectivity index (χ4v) is 2.06. The van der Waals surface area contributed by atoms with Gasteiger partial charge >= 0.3 is 18.2 Å². The minimum absolute atomic E-state index is 0.0319. The molecule has 0 aromatic carbocycles. The van der Waals surface area contributed by atoms with Gasteiger partial charge in [0, 0.05) is 13.1 Å². The zero-order valence-corrected chi connectivity index (χ0v) is 10.3. The fraction of sp³-hybridized carbons (Fsp3) is 0.818. The standard InChI is InChI=1S/C11H17F3N2O3/c12-11(13,14)4-5-15-9(19)16-7-10(2-1-3-10)6-8(17)18/h1-7H2,(H,17,18)(H2,15,16,19). The van der Waals surface area contributed by atoms with Crippen LogP contribution in [0.15, 0.2) is 0 Å². The average Bonchev–Trinajstić information content (AvgIpc) is 2.19. The van der Waals surface area contributed by atoms with Gasteiger partial charge in [-0.1, -0.05) is 6.42 Å². The Balaban J connectivity index is 2.24. The SMILES string of the molecule is O=C(O)CC1(CNC(=O)NCCC(F)(F)F)CCC1. The van der Waals surface area contributed by atoms with E-state index in [1.165, 1.54) is 0 Å². The van der Waals surface area contributed by atoms with Crippen molar-refractivity contribution in [3.8, 4) is 0 Å². The molecule has 0 aromatic rings. The molecule has 0 radical (unpaired) electrons. The molecule has 0 bridgehead atoms. The maximum Gasteiger partial charge on any atom is 0.390 e. The first kappa shape index (κ1) is 15.6. The van der Waals surface area contributed by atoms with Crippen molar-refractivity contribution in [3.63, 3.8) is 0 Å². The first-order valence-corrected chi connectivity index (χ1v) is 6.03. The Kier molecular flexibility index (Phi) is 5.02. The highest BCUT2D eigenvalue weighted by molar-refractivity contribution is 5.74. The molecule has 0 saturated heterocycles. The predicted octanol–water partition coefficient (Wildman–Crippen LogP) is 1.88. The van der Waals surface area contributed by atoms with Crippen molar-refractivity contribution in [2.75, 3.05) is 13.1 Å². The number of carbonyl (C=O) groups is 2. The summed E-state index contributed by atoms with van der Waals surface area (Å²) in [5.74, 6) is -0.932. The number of carboxylic acids is 1. The molecule has 19 heavy (non-hydrogen) atoms. The van der Waals surface area contributed by atoms with Crippen LogP contribution >= 0.6 is 0 Å². The first-order valence-electron chi connectivity index (χ1n) is 6.03. The van der Waals surface area contributed by atoms with Gasteiger partial charge in [0.25, 0.3) is 0 Å². The molecule has 0 atom stereocenters. The number of amides is 2. The Labute approximate surface area is 108 Å². The Morgan fingerprint density at radius 2 is 1.84 bits per heavy atom. The van der Waals surface area contributed by atoms with Gasteiger partial charge in [0.15, 0.2) is 0 Å². The highest BCUT2D eigenvalue weighted by Crippen LogP contribution is 2.43. The molecule has 110 valence electrons. The van der Waals surface area contributed by atoms with Crippen LogP contribution < -0.4 is 10.6 Å². The number of halogens is 3. The van der Waals surface area contributed by atoms with Gasteiger partial charge in [-0.15, -0.1) is 0 Å². The largest absolute Gasteiger partial charge is 0.481 e. The summed E-state index contributed by atoms with van der Waals surface area (Å²) >= 11 is 0. The third-order valence-electron chi connectivity index (χ3n) is 3.26. The molecule has 0 aromatic heterocycles. The summed E-state index contributed by atoms with van der Waals surface area (Å²) in [5.41, 5.74) is -0.437. The van der Waals surface area contributed by atoms with E-state index in [-0.39, 0.29) is 13.0 Å². The molecule has 1 aliphatic carbocycles. The number of carboxylic acid groups (broad SMARTS) is 1. The topological polar surface area (TPSA) is 78.4 Å². The van der Waals surface area contributed by atoms with Crippen molar-refractivity contribution in [2.24, 2.45) is 5.41 Å². The number of urea groups is 1. The summed E-state index contributed by atoms with van der Waals surface area (Å²) in [7, 11) is 0. The maximum atomic E-state index is 11.9. The number of aliphatic carboxylic acids is 1. The van der Waals surface area contributed by atoms with Gasteiger partial charge in [0.2, 0.25) is 0 Å². The second-order valence-electron chi connectivity index (χ2n) is 4.90. The van der Waals surface area contributed by atoms with E-state index in [2.05, 4.69) is 10.6 Å². The summed E-state index contributed by atoms with van der Waals surface area (Å²) < 4.78 is 35.6. The monoisotopic (exact) mass is 282 g/mol. The summed E-state index contributed by atoms with van der Waals surface area (Å²) in [5, 5.41) is 13.3. The highest BCUT2D eigenvalue weighted by atomic mass is 19.4. The van der Waals surface area contributed by atoms with E-state index in [0.29, 0.717) is 12.8 Å². The average molecular weight is 282 g/mol. The smallest absolute Gasteiger partial charge is 0.390 e. The summed E-state index contributed by atoms with van der Waals surface area (Å²) in [6.45, 7) is -0.307. The molecule has 0 unspecified atom stereocenters. The molecule has 0 aliphatic heterocycles. The van der Waals surface area contributed by atoms with Gasteiger partial charge in [-0.3, -0.25) is 4.79 Å². The molecule has 0 heterocycles. The van der Waals surface area contributed by atoms with Crippen molar-refractivity contribution in [3.05, 3.63) is 0 Å². The second kappa shape index (κ2) is 6.12. The molecule has 8 heteroatoms. The lowest BCUT2D eigenvalue weighted by Gasteiger charge is -2.40. The molecule has 2 amide bonds. The van der Waals surface area contributed by atoms with Crippen molar-refractivity contribution in [2.45, 2.75) is 38.3 Å². The van der Waals surface area contributed by atoms with E-state index in [4.69, 9.17) is 5.11 Å². The van der Waals surface area contributed by atoms with Gasteiger partial charge in [0.05, 0.1) is 12.8 Å². The van der Waals surface area contributed by atoms with Crippen LogP contribution in [0.5, 0.6) is 0 Å². The number of hydrogen-bond donors (Lipinski definition) is 3. The van der Waals surface area contributed by atoms with E-state index in [0.717, 1.165) is 6.42 Å². The third-order valence-corrected chi connectivity index (χ3v) is 3.26. The second-order valence-corrected chi connectivity index (χ2v) is 4.90. The predicted molar refractivity (Wildman–Crippen MR) is 60.6 cm³/mol. The van der Waals surface area contributed by atoms with Crippen molar-refractivity contribution < 1.29 is 27.9 Å². The molecule has 1 rings (SSSR count). The molecule has 1 saturated carbocycles. The minimum atomic E-state index is -4.30. The summed E-state index contributed by atoms with van der Waals surface area (Å²) in [6.07, 6.45) is -3.09. The normalized spacial score (nSPS) is 17.4. The van der Waals surface area contributed by atoms with Crippen molar-refractivity contribution >= 4 is 12.0 Å². The van der Waals surface area contributed by atoms with Gasteiger partial charge < -0.3 is 15.7 Å². The zero-order chi connectivity index (χ0) is 14.5. The minimum Gasteiger partial charge on any atom is -0.481 e. The zero-order valence-electron chi connectivity index (χ0n) is 10.3. The number of rotatable bonds is 6. The summed E-state index contributed by atoms with van der Waals surface area (Å²) in [4.78, 5) is 21.9. The fourth-order valence-electron chi connectivity index (χ4n) is 2.06. The molecule has 5 nitrogen and oxygen atoms in total.